The number of unbranched alkanes of at least 4 members (excludes halogenated alkanes) is 1. The van der Waals surface area contributed by atoms with Gasteiger partial charge in [0.05, 0.1) is 0 Å². The molecule has 1 rings (SSSR count). The van der Waals surface area contributed by atoms with Crippen LogP contribution in [0.5, 0.6) is 0 Å². The van der Waals surface area contributed by atoms with Crippen molar-refractivity contribution in [1.82, 2.24) is 0 Å². The first-order chi connectivity index (χ1) is 7.70. The summed E-state index contributed by atoms with van der Waals surface area (Å²) in [6.07, 6.45) is 5.72. The van der Waals surface area contributed by atoms with Crippen molar-refractivity contribution in [1.29, 1.82) is 0 Å². The molecular formula is C15H23F. The van der Waals surface area contributed by atoms with Gasteiger partial charge < -0.3 is 0 Å². The Balaban J connectivity index is 2.86. The number of hydrogen-bond acceptors (Lipinski definition) is 0. The van der Waals surface area contributed by atoms with Crippen molar-refractivity contribution in [2.75, 3.05) is 0 Å². The van der Waals surface area contributed by atoms with E-state index in [0.717, 1.165) is 30.4 Å². The molecule has 0 amide bonds. The van der Waals surface area contributed by atoms with Crippen LogP contribution in [0, 0.1) is 12.7 Å². The van der Waals surface area contributed by atoms with Crippen LogP contribution >= 0.6 is 0 Å². The van der Waals surface area contributed by atoms with E-state index in [4.69, 9.17) is 0 Å². The Bertz CT molecular complexity index is 317. The molecule has 0 heterocycles. The summed E-state index contributed by atoms with van der Waals surface area (Å²) in [5, 5.41) is 0. The summed E-state index contributed by atoms with van der Waals surface area (Å²) in [7, 11) is 0. The van der Waals surface area contributed by atoms with Crippen molar-refractivity contribution in [3.8, 4) is 0 Å². The smallest absolute Gasteiger partial charge is 0.129 e. The maximum atomic E-state index is 14.0. The highest BCUT2D eigenvalue weighted by atomic mass is 19.1. The molecule has 0 aliphatic rings. The quantitative estimate of drug-likeness (QED) is 0.620. The summed E-state index contributed by atoms with van der Waals surface area (Å²) in [5.41, 5.74) is 1.70. The number of rotatable bonds is 6. The maximum absolute atomic E-state index is 14.0. The molecule has 90 valence electrons. The summed E-state index contributed by atoms with van der Waals surface area (Å²) < 4.78 is 14.0. The molecule has 1 aromatic carbocycles. The zero-order valence-corrected chi connectivity index (χ0v) is 10.7. The van der Waals surface area contributed by atoms with Gasteiger partial charge in [0.2, 0.25) is 0 Å². The molecular weight excluding hydrogens is 199 g/mol. The van der Waals surface area contributed by atoms with E-state index < -0.39 is 0 Å². The molecule has 0 spiro atoms. The van der Waals surface area contributed by atoms with Crippen LogP contribution in [-0.2, 0) is 0 Å². The Hall–Kier alpha value is -0.850. The van der Waals surface area contributed by atoms with Crippen molar-refractivity contribution in [3.63, 3.8) is 0 Å². The lowest BCUT2D eigenvalue weighted by Gasteiger charge is -2.17. The van der Waals surface area contributed by atoms with Crippen LogP contribution in [-0.4, -0.2) is 0 Å². The van der Waals surface area contributed by atoms with Crippen molar-refractivity contribution in [3.05, 3.63) is 35.1 Å². The highest BCUT2D eigenvalue weighted by Gasteiger charge is 2.15. The summed E-state index contributed by atoms with van der Waals surface area (Å²) >= 11 is 0. The van der Waals surface area contributed by atoms with Gasteiger partial charge in [0.25, 0.3) is 0 Å². The molecule has 0 nitrogen and oxygen atoms in total. The molecule has 1 atom stereocenters. The molecule has 0 fully saturated rings. The molecule has 0 N–H and O–H groups in total. The van der Waals surface area contributed by atoms with Crippen molar-refractivity contribution in [2.24, 2.45) is 0 Å². The van der Waals surface area contributed by atoms with Crippen LogP contribution in [0.15, 0.2) is 18.2 Å². The minimum Gasteiger partial charge on any atom is -0.206 e. The van der Waals surface area contributed by atoms with Gasteiger partial charge in [0, 0.05) is 0 Å². The minimum absolute atomic E-state index is 0.0112. The van der Waals surface area contributed by atoms with Crippen LogP contribution in [0.1, 0.15) is 63.0 Å². The molecule has 0 aliphatic carbocycles. The van der Waals surface area contributed by atoms with Gasteiger partial charge in [-0.15, -0.1) is 0 Å². The largest absolute Gasteiger partial charge is 0.206 e. The lowest BCUT2D eigenvalue weighted by Crippen LogP contribution is -2.03. The zero-order valence-electron chi connectivity index (χ0n) is 10.7. The highest BCUT2D eigenvalue weighted by molar-refractivity contribution is 5.27. The second-order valence-corrected chi connectivity index (χ2v) is 4.61. The predicted molar refractivity (Wildman–Crippen MR) is 68.3 cm³/mol. The number of hydrogen-bond donors (Lipinski definition) is 0. The van der Waals surface area contributed by atoms with E-state index >= 15 is 0 Å². The van der Waals surface area contributed by atoms with Crippen molar-refractivity contribution < 1.29 is 4.39 Å². The number of benzene rings is 1. The topological polar surface area (TPSA) is 0 Å². The fraction of sp³-hybridized carbons (Fsp3) is 0.600. The van der Waals surface area contributed by atoms with Crippen molar-refractivity contribution in [2.45, 2.75) is 58.8 Å². The van der Waals surface area contributed by atoms with Gasteiger partial charge in [-0.3, -0.25) is 0 Å². The van der Waals surface area contributed by atoms with Crippen LogP contribution in [0.4, 0.5) is 4.39 Å². The van der Waals surface area contributed by atoms with Gasteiger partial charge in [0.15, 0.2) is 0 Å². The molecule has 1 unspecified atom stereocenters. The minimum atomic E-state index is 0.0112. The Kier molecular flexibility index (Phi) is 5.51. The van der Waals surface area contributed by atoms with E-state index in [1.54, 1.807) is 0 Å². The molecule has 1 heteroatoms. The van der Waals surface area contributed by atoms with E-state index in [0.29, 0.717) is 5.92 Å². The summed E-state index contributed by atoms with van der Waals surface area (Å²) in [4.78, 5) is 0. The number of halogens is 1. The van der Waals surface area contributed by atoms with Crippen LogP contribution in [0.3, 0.4) is 0 Å². The third-order valence-corrected chi connectivity index (χ3v) is 3.20. The maximum Gasteiger partial charge on any atom is 0.129 e. The zero-order chi connectivity index (χ0) is 12.0. The third-order valence-electron chi connectivity index (χ3n) is 3.20. The molecule has 0 saturated heterocycles. The Morgan fingerprint density at radius 3 is 2.50 bits per heavy atom. The van der Waals surface area contributed by atoms with Gasteiger partial charge >= 0.3 is 0 Å². The first-order valence-electron chi connectivity index (χ1n) is 6.45. The normalized spacial score (nSPS) is 12.8. The third kappa shape index (κ3) is 3.33. The monoisotopic (exact) mass is 222 g/mol. The molecule has 0 aliphatic heterocycles. The van der Waals surface area contributed by atoms with E-state index in [1.807, 2.05) is 25.1 Å². The Labute approximate surface area is 98.9 Å². The number of aryl methyl sites for hydroxylation is 1. The van der Waals surface area contributed by atoms with Gasteiger partial charge in [-0.1, -0.05) is 51.3 Å². The lowest BCUT2D eigenvalue weighted by atomic mass is 9.88. The summed E-state index contributed by atoms with van der Waals surface area (Å²) in [6.45, 7) is 6.21. The predicted octanol–water partition coefficient (Wildman–Crippen LogP) is 5.21. The van der Waals surface area contributed by atoms with E-state index in [-0.39, 0.29) is 5.82 Å². The lowest BCUT2D eigenvalue weighted by molar-refractivity contribution is 0.505. The second kappa shape index (κ2) is 6.67. The average Bonchev–Trinajstić information content (AvgIpc) is 2.28. The van der Waals surface area contributed by atoms with Crippen LogP contribution < -0.4 is 0 Å². The molecule has 16 heavy (non-hydrogen) atoms. The first kappa shape index (κ1) is 13.2. The SMILES string of the molecule is CCCCC(CCC)c1cccc(C)c1F. The van der Waals surface area contributed by atoms with E-state index in [9.17, 15) is 4.39 Å². The summed E-state index contributed by atoms with van der Waals surface area (Å²) in [5.74, 6) is 0.418. The van der Waals surface area contributed by atoms with Crippen LogP contribution in [0.2, 0.25) is 0 Å². The standard InChI is InChI=1S/C15H23F/c1-4-6-10-13(8-5-2)14-11-7-9-12(3)15(14)16/h7,9,11,13H,4-6,8,10H2,1-3H3. The van der Waals surface area contributed by atoms with E-state index in [2.05, 4.69) is 13.8 Å². The Morgan fingerprint density at radius 1 is 1.12 bits per heavy atom. The molecule has 0 aromatic heterocycles. The fourth-order valence-corrected chi connectivity index (χ4v) is 2.24. The average molecular weight is 222 g/mol. The Morgan fingerprint density at radius 2 is 1.88 bits per heavy atom. The molecule has 0 bridgehead atoms. The van der Waals surface area contributed by atoms with Crippen molar-refractivity contribution >= 4 is 0 Å². The second-order valence-electron chi connectivity index (χ2n) is 4.61. The van der Waals surface area contributed by atoms with Gasteiger partial charge in [0.1, 0.15) is 5.82 Å². The molecule has 0 radical (unpaired) electrons. The fourth-order valence-electron chi connectivity index (χ4n) is 2.24. The van der Waals surface area contributed by atoms with Gasteiger partial charge in [-0.25, -0.2) is 4.39 Å². The van der Waals surface area contributed by atoms with Gasteiger partial charge in [-0.2, -0.15) is 0 Å². The van der Waals surface area contributed by atoms with Gasteiger partial charge in [-0.05, 0) is 36.8 Å². The summed E-state index contributed by atoms with van der Waals surface area (Å²) in [6, 6.07) is 5.78. The molecule has 0 saturated carbocycles. The van der Waals surface area contributed by atoms with E-state index in [1.165, 1.54) is 12.8 Å². The highest BCUT2D eigenvalue weighted by Crippen LogP contribution is 2.29. The molecule has 1 aromatic rings. The van der Waals surface area contributed by atoms with Crippen LogP contribution in [0.25, 0.3) is 0 Å². The first-order valence-corrected chi connectivity index (χ1v) is 6.45.